The molecule has 0 N–H and O–H groups in total. The summed E-state index contributed by atoms with van der Waals surface area (Å²) in [5.41, 5.74) is 1.81. The maximum absolute atomic E-state index is 13.3. The summed E-state index contributed by atoms with van der Waals surface area (Å²) in [5, 5.41) is 10.6. The van der Waals surface area contributed by atoms with E-state index in [-0.39, 0.29) is 30.6 Å². The lowest BCUT2D eigenvalue weighted by Crippen LogP contribution is -2.08. The van der Waals surface area contributed by atoms with Crippen LogP contribution in [0.5, 0.6) is 0 Å². The molecular formula is C20H13ClFN3O3S. The third kappa shape index (κ3) is 4.67. The minimum Gasteiger partial charge on any atom is -0.455 e. The van der Waals surface area contributed by atoms with Crippen LogP contribution < -0.4 is 0 Å². The van der Waals surface area contributed by atoms with E-state index in [0.717, 1.165) is 0 Å². The number of nitrogens with zero attached hydrogens (tertiary/aromatic N) is 3. The van der Waals surface area contributed by atoms with Gasteiger partial charge in [0.05, 0.1) is 22.7 Å². The Balaban J connectivity index is 1.35. The first-order chi connectivity index (χ1) is 14.1. The van der Waals surface area contributed by atoms with Crippen molar-refractivity contribution in [1.29, 1.82) is 0 Å². The van der Waals surface area contributed by atoms with E-state index in [9.17, 15) is 9.18 Å². The predicted octanol–water partition coefficient (Wildman–Crippen LogP) is 4.94. The molecule has 0 spiro atoms. The van der Waals surface area contributed by atoms with Gasteiger partial charge < -0.3 is 9.15 Å². The van der Waals surface area contributed by atoms with Crippen molar-refractivity contribution in [3.05, 3.63) is 76.3 Å². The summed E-state index contributed by atoms with van der Waals surface area (Å²) in [6.07, 6.45) is -0.0165. The zero-order valence-electron chi connectivity index (χ0n) is 14.8. The van der Waals surface area contributed by atoms with Crippen molar-refractivity contribution in [2.24, 2.45) is 0 Å². The van der Waals surface area contributed by atoms with Crippen LogP contribution in [0.1, 0.15) is 11.6 Å². The molecule has 2 aromatic carbocycles. The lowest BCUT2D eigenvalue weighted by atomic mass is 10.2. The first kappa shape index (κ1) is 19.2. The number of halogens is 2. The monoisotopic (exact) mass is 429 g/mol. The van der Waals surface area contributed by atoms with Crippen molar-refractivity contribution < 1.29 is 18.3 Å². The molecular weight excluding hydrogens is 417 g/mol. The van der Waals surface area contributed by atoms with Crippen LogP contribution in [0, 0.1) is 5.82 Å². The van der Waals surface area contributed by atoms with Gasteiger partial charge in [0.25, 0.3) is 5.89 Å². The number of rotatable bonds is 6. The highest BCUT2D eigenvalue weighted by Crippen LogP contribution is 2.27. The molecule has 0 aliphatic carbocycles. The van der Waals surface area contributed by atoms with E-state index in [1.165, 1.54) is 23.5 Å². The fourth-order valence-electron chi connectivity index (χ4n) is 2.54. The van der Waals surface area contributed by atoms with Gasteiger partial charge >= 0.3 is 5.97 Å². The largest absolute Gasteiger partial charge is 0.455 e. The molecule has 4 aromatic rings. The van der Waals surface area contributed by atoms with Gasteiger partial charge in [0.15, 0.2) is 6.61 Å². The van der Waals surface area contributed by atoms with Crippen molar-refractivity contribution in [2.45, 2.75) is 13.0 Å². The fourth-order valence-corrected chi connectivity index (χ4v) is 3.57. The average molecular weight is 430 g/mol. The molecule has 6 nitrogen and oxygen atoms in total. The number of esters is 1. The molecule has 0 amide bonds. The van der Waals surface area contributed by atoms with Crippen molar-refractivity contribution in [1.82, 2.24) is 15.2 Å². The van der Waals surface area contributed by atoms with E-state index in [4.69, 9.17) is 20.8 Å². The molecule has 29 heavy (non-hydrogen) atoms. The lowest BCUT2D eigenvalue weighted by Gasteiger charge is -2.00. The van der Waals surface area contributed by atoms with Gasteiger partial charge in [-0.3, -0.25) is 4.79 Å². The van der Waals surface area contributed by atoms with E-state index in [0.29, 0.717) is 26.9 Å². The molecule has 9 heteroatoms. The SMILES string of the molecule is O=C(Cc1csc(-c2cccc(F)c2)n1)OCc1nnc(-c2ccccc2Cl)o1. The van der Waals surface area contributed by atoms with Gasteiger partial charge in [-0.05, 0) is 24.3 Å². The Morgan fingerprint density at radius 2 is 2.03 bits per heavy atom. The number of hydrogen-bond acceptors (Lipinski definition) is 7. The summed E-state index contributed by atoms with van der Waals surface area (Å²) >= 11 is 7.43. The Hall–Kier alpha value is -3.10. The van der Waals surface area contributed by atoms with Crippen LogP contribution in [0.3, 0.4) is 0 Å². The van der Waals surface area contributed by atoms with Crippen LogP contribution in [0.2, 0.25) is 5.02 Å². The van der Waals surface area contributed by atoms with E-state index >= 15 is 0 Å². The van der Waals surface area contributed by atoms with Gasteiger partial charge in [-0.2, -0.15) is 0 Å². The number of carbonyl (C=O) groups is 1. The Morgan fingerprint density at radius 3 is 2.86 bits per heavy atom. The molecule has 0 saturated heterocycles. The summed E-state index contributed by atoms with van der Waals surface area (Å²) < 4.78 is 24.0. The number of benzene rings is 2. The second kappa shape index (κ2) is 8.50. The summed E-state index contributed by atoms with van der Waals surface area (Å²) in [6.45, 7) is -0.156. The van der Waals surface area contributed by atoms with Crippen LogP contribution >= 0.6 is 22.9 Å². The van der Waals surface area contributed by atoms with Crippen LogP contribution in [0.25, 0.3) is 22.0 Å². The van der Waals surface area contributed by atoms with Gasteiger partial charge in [0.1, 0.15) is 10.8 Å². The quantitative estimate of drug-likeness (QED) is 0.404. The van der Waals surface area contributed by atoms with Crippen molar-refractivity contribution >= 4 is 28.9 Å². The predicted molar refractivity (Wildman–Crippen MR) is 106 cm³/mol. The zero-order chi connectivity index (χ0) is 20.2. The highest BCUT2D eigenvalue weighted by molar-refractivity contribution is 7.13. The highest BCUT2D eigenvalue weighted by Gasteiger charge is 2.15. The number of thiazole rings is 1. The molecule has 0 radical (unpaired) electrons. The van der Waals surface area contributed by atoms with Gasteiger partial charge in [0, 0.05) is 10.9 Å². The summed E-state index contributed by atoms with van der Waals surface area (Å²) in [7, 11) is 0. The maximum Gasteiger partial charge on any atom is 0.312 e. The molecule has 2 aromatic heterocycles. The first-order valence-corrected chi connectivity index (χ1v) is 9.77. The van der Waals surface area contributed by atoms with Crippen LogP contribution in [0.4, 0.5) is 4.39 Å². The molecule has 0 atom stereocenters. The normalized spacial score (nSPS) is 10.8. The maximum atomic E-state index is 13.3. The Labute approximate surface area is 174 Å². The lowest BCUT2D eigenvalue weighted by molar-refractivity contribution is -0.144. The average Bonchev–Trinajstić information content (AvgIpc) is 3.36. The van der Waals surface area contributed by atoms with Crippen LogP contribution in [-0.2, 0) is 22.6 Å². The van der Waals surface area contributed by atoms with Gasteiger partial charge in [-0.1, -0.05) is 35.9 Å². The van der Waals surface area contributed by atoms with E-state index in [1.54, 1.807) is 41.8 Å². The number of aromatic nitrogens is 3. The molecule has 0 aliphatic rings. The first-order valence-electron chi connectivity index (χ1n) is 8.52. The molecule has 0 bridgehead atoms. The molecule has 0 aliphatic heterocycles. The molecule has 0 fully saturated rings. The number of carbonyl (C=O) groups excluding carboxylic acids is 1. The van der Waals surface area contributed by atoms with Gasteiger partial charge in [-0.25, -0.2) is 9.37 Å². The Bertz CT molecular complexity index is 1160. The molecule has 146 valence electrons. The van der Waals surface area contributed by atoms with Crippen LogP contribution in [-0.4, -0.2) is 21.2 Å². The summed E-state index contributed by atoms with van der Waals surface area (Å²) in [4.78, 5) is 16.4. The topological polar surface area (TPSA) is 78.1 Å². The molecule has 0 saturated carbocycles. The minimum absolute atomic E-state index is 0.0165. The van der Waals surface area contributed by atoms with E-state index in [2.05, 4.69) is 15.2 Å². The minimum atomic E-state index is -0.487. The number of ether oxygens (including phenoxy) is 1. The summed E-state index contributed by atoms with van der Waals surface area (Å²) in [6, 6.07) is 13.2. The third-order valence-corrected chi connectivity index (χ3v) is 5.15. The van der Waals surface area contributed by atoms with E-state index < -0.39 is 5.97 Å². The molecule has 2 heterocycles. The van der Waals surface area contributed by atoms with E-state index in [1.807, 2.05) is 0 Å². The standard InChI is InChI=1S/C20H13ClFN3O3S/c21-16-7-2-1-6-15(16)19-25-24-17(28-19)10-27-18(26)9-14-11-29-20(23-14)12-4-3-5-13(22)8-12/h1-8,11H,9-10H2. The highest BCUT2D eigenvalue weighted by atomic mass is 35.5. The second-order valence-corrected chi connectivity index (χ2v) is 7.24. The Morgan fingerprint density at radius 1 is 1.17 bits per heavy atom. The van der Waals surface area contributed by atoms with Gasteiger partial charge in [-0.15, -0.1) is 21.5 Å². The number of hydrogen-bond donors (Lipinski definition) is 0. The molecule has 4 rings (SSSR count). The zero-order valence-corrected chi connectivity index (χ0v) is 16.4. The summed E-state index contributed by atoms with van der Waals surface area (Å²) in [5.74, 6) is -0.416. The smallest absolute Gasteiger partial charge is 0.312 e. The Kier molecular flexibility index (Phi) is 5.64. The fraction of sp³-hybridized carbons (Fsp3) is 0.100. The molecule has 0 unspecified atom stereocenters. The van der Waals surface area contributed by atoms with Crippen molar-refractivity contribution in [2.75, 3.05) is 0 Å². The van der Waals surface area contributed by atoms with Crippen molar-refractivity contribution in [3.63, 3.8) is 0 Å². The van der Waals surface area contributed by atoms with Crippen molar-refractivity contribution in [3.8, 4) is 22.0 Å². The third-order valence-electron chi connectivity index (χ3n) is 3.88. The van der Waals surface area contributed by atoms with Gasteiger partial charge in [0.2, 0.25) is 5.89 Å². The van der Waals surface area contributed by atoms with Crippen LogP contribution in [0.15, 0.2) is 58.3 Å². The second-order valence-electron chi connectivity index (χ2n) is 5.97.